The quantitative estimate of drug-likeness (QED) is 0.393. The molecule has 0 aromatic heterocycles. The van der Waals surface area contributed by atoms with Crippen molar-refractivity contribution in [3.05, 3.63) is 23.8 Å². The molecule has 12 heavy (non-hydrogen) atoms. The highest BCUT2D eigenvalue weighted by molar-refractivity contribution is 5.91. The number of carboxylic acid groups (broad SMARTS) is 1. The monoisotopic (exact) mass is 165 g/mol. The number of nitriles is 1. The summed E-state index contributed by atoms with van der Waals surface area (Å²) in [6.07, 6.45) is 6.64. The molecule has 0 saturated carbocycles. The van der Waals surface area contributed by atoms with Gasteiger partial charge in [-0.1, -0.05) is 25.5 Å². The van der Waals surface area contributed by atoms with Crippen LogP contribution in [0.3, 0.4) is 0 Å². The second-order valence-corrected chi connectivity index (χ2v) is 2.21. The molecule has 3 heteroatoms. The van der Waals surface area contributed by atoms with E-state index in [0.29, 0.717) is 0 Å². The minimum absolute atomic E-state index is 0.234. The van der Waals surface area contributed by atoms with Crippen LogP contribution in [0.5, 0.6) is 0 Å². The van der Waals surface area contributed by atoms with Gasteiger partial charge in [0.2, 0.25) is 0 Å². The van der Waals surface area contributed by atoms with Crippen LogP contribution in [0.4, 0.5) is 0 Å². The van der Waals surface area contributed by atoms with E-state index < -0.39 is 5.97 Å². The van der Waals surface area contributed by atoms with Crippen LogP contribution < -0.4 is 0 Å². The Morgan fingerprint density at radius 1 is 1.67 bits per heavy atom. The van der Waals surface area contributed by atoms with E-state index in [1.54, 1.807) is 12.1 Å². The first kappa shape index (κ1) is 10.4. The van der Waals surface area contributed by atoms with Gasteiger partial charge < -0.3 is 5.11 Å². The predicted octanol–water partition coefficient (Wildman–Crippen LogP) is 1.88. The van der Waals surface area contributed by atoms with Crippen molar-refractivity contribution in [1.82, 2.24) is 0 Å². The first-order valence-corrected chi connectivity index (χ1v) is 3.72. The smallest absolute Gasteiger partial charge is 0.346 e. The highest BCUT2D eigenvalue weighted by atomic mass is 16.4. The van der Waals surface area contributed by atoms with Gasteiger partial charge in [0.25, 0.3) is 0 Å². The Balaban J connectivity index is 4.15. The zero-order valence-corrected chi connectivity index (χ0v) is 6.95. The van der Waals surface area contributed by atoms with E-state index in [2.05, 4.69) is 0 Å². The highest BCUT2D eigenvalue weighted by Gasteiger charge is 2.01. The summed E-state index contributed by atoms with van der Waals surface area (Å²) in [6, 6.07) is 1.59. The van der Waals surface area contributed by atoms with Gasteiger partial charge in [-0.05, 0) is 12.5 Å². The van der Waals surface area contributed by atoms with Crippen LogP contribution in [0.1, 0.15) is 19.8 Å². The zero-order valence-electron chi connectivity index (χ0n) is 6.95. The summed E-state index contributed by atoms with van der Waals surface area (Å²) in [5, 5.41) is 16.7. The van der Waals surface area contributed by atoms with Gasteiger partial charge in [-0.2, -0.15) is 5.26 Å². The first-order valence-electron chi connectivity index (χ1n) is 3.72. The molecule has 0 aliphatic carbocycles. The molecular weight excluding hydrogens is 154 g/mol. The average molecular weight is 165 g/mol. The van der Waals surface area contributed by atoms with Crippen LogP contribution in [-0.2, 0) is 4.79 Å². The van der Waals surface area contributed by atoms with E-state index in [-0.39, 0.29) is 5.57 Å². The van der Waals surface area contributed by atoms with Gasteiger partial charge in [-0.3, -0.25) is 0 Å². The molecule has 0 unspecified atom stereocenters. The van der Waals surface area contributed by atoms with Gasteiger partial charge in [0.05, 0.1) is 0 Å². The molecule has 0 amide bonds. The number of aliphatic carboxylic acids is 1. The highest BCUT2D eigenvalue weighted by Crippen LogP contribution is 1.94. The van der Waals surface area contributed by atoms with Gasteiger partial charge in [-0.25, -0.2) is 4.79 Å². The molecule has 0 aromatic rings. The van der Waals surface area contributed by atoms with Crippen molar-refractivity contribution in [2.45, 2.75) is 19.8 Å². The van der Waals surface area contributed by atoms with E-state index in [9.17, 15) is 4.79 Å². The molecular formula is C9H11NO2. The first-order chi connectivity index (χ1) is 5.72. The minimum atomic E-state index is -1.18. The van der Waals surface area contributed by atoms with Crippen molar-refractivity contribution in [3.8, 4) is 6.07 Å². The van der Waals surface area contributed by atoms with E-state index in [0.717, 1.165) is 12.8 Å². The molecule has 0 aromatic carbocycles. The Bertz CT molecular complexity index is 246. The van der Waals surface area contributed by atoms with Crippen LogP contribution in [0.2, 0.25) is 0 Å². The second-order valence-electron chi connectivity index (χ2n) is 2.21. The van der Waals surface area contributed by atoms with E-state index in [1.807, 2.05) is 13.0 Å². The number of carbonyl (C=O) groups is 1. The molecule has 0 saturated heterocycles. The van der Waals surface area contributed by atoms with E-state index >= 15 is 0 Å². The lowest BCUT2D eigenvalue weighted by Gasteiger charge is -1.85. The number of hydrogen-bond acceptors (Lipinski definition) is 2. The number of nitrogens with zero attached hydrogens (tertiary/aromatic N) is 1. The zero-order chi connectivity index (χ0) is 9.40. The number of hydrogen-bond donors (Lipinski definition) is 1. The lowest BCUT2D eigenvalue weighted by atomic mass is 10.2. The predicted molar refractivity (Wildman–Crippen MR) is 45.4 cm³/mol. The summed E-state index contributed by atoms with van der Waals surface area (Å²) in [6.45, 7) is 2.02. The van der Waals surface area contributed by atoms with Crippen molar-refractivity contribution in [3.63, 3.8) is 0 Å². The third-order valence-electron chi connectivity index (χ3n) is 1.21. The summed E-state index contributed by atoms with van der Waals surface area (Å²) in [4.78, 5) is 10.3. The summed E-state index contributed by atoms with van der Waals surface area (Å²) >= 11 is 0. The molecule has 0 bridgehead atoms. The third-order valence-corrected chi connectivity index (χ3v) is 1.21. The average Bonchev–Trinajstić information content (AvgIpc) is 2.04. The molecule has 3 nitrogen and oxygen atoms in total. The summed E-state index contributed by atoms with van der Waals surface area (Å²) < 4.78 is 0. The van der Waals surface area contributed by atoms with Gasteiger partial charge in [0.15, 0.2) is 0 Å². The van der Waals surface area contributed by atoms with Crippen LogP contribution in [0.15, 0.2) is 23.8 Å². The van der Waals surface area contributed by atoms with Gasteiger partial charge in [0, 0.05) is 0 Å². The van der Waals surface area contributed by atoms with Crippen molar-refractivity contribution < 1.29 is 9.90 Å². The normalized spacial score (nSPS) is 11.5. The fraction of sp³-hybridized carbons (Fsp3) is 0.333. The summed E-state index contributed by atoms with van der Waals surface area (Å²) in [5.74, 6) is -1.18. The van der Waals surface area contributed by atoms with Crippen LogP contribution in [-0.4, -0.2) is 11.1 Å². The maximum absolute atomic E-state index is 10.3. The molecule has 1 N–H and O–H groups in total. The summed E-state index contributed by atoms with van der Waals surface area (Å²) in [7, 11) is 0. The lowest BCUT2D eigenvalue weighted by Crippen LogP contribution is -1.96. The van der Waals surface area contributed by atoms with Crippen molar-refractivity contribution in [2.75, 3.05) is 0 Å². The molecule has 64 valence electrons. The molecule has 0 spiro atoms. The van der Waals surface area contributed by atoms with Crippen molar-refractivity contribution in [2.24, 2.45) is 0 Å². The van der Waals surface area contributed by atoms with Crippen molar-refractivity contribution >= 4 is 5.97 Å². The van der Waals surface area contributed by atoms with Gasteiger partial charge in [0.1, 0.15) is 11.6 Å². The largest absolute Gasteiger partial charge is 0.477 e. The molecule has 0 atom stereocenters. The van der Waals surface area contributed by atoms with Crippen LogP contribution >= 0.6 is 0 Å². The number of carboxylic acids is 1. The Labute approximate surface area is 71.6 Å². The Kier molecular flexibility index (Phi) is 5.37. The Morgan fingerprint density at radius 2 is 2.33 bits per heavy atom. The number of rotatable bonds is 4. The fourth-order valence-electron chi connectivity index (χ4n) is 0.584. The standard InChI is InChI=1S/C9H11NO2/c1-2-3-4-5-6-8(7-10)9(11)12/h4-6H,2-3H2,1H3,(H,11,12). The van der Waals surface area contributed by atoms with Crippen molar-refractivity contribution in [1.29, 1.82) is 5.26 Å². The minimum Gasteiger partial charge on any atom is -0.477 e. The van der Waals surface area contributed by atoms with Gasteiger partial charge in [-0.15, -0.1) is 0 Å². The Morgan fingerprint density at radius 3 is 2.75 bits per heavy atom. The van der Waals surface area contributed by atoms with E-state index in [4.69, 9.17) is 10.4 Å². The number of allylic oxidation sites excluding steroid dienone is 3. The summed E-state index contributed by atoms with van der Waals surface area (Å²) in [5.41, 5.74) is -0.234. The number of unbranched alkanes of at least 4 members (excludes halogenated alkanes) is 1. The maximum Gasteiger partial charge on any atom is 0.346 e. The molecule has 0 aliphatic rings. The van der Waals surface area contributed by atoms with Crippen LogP contribution in [0.25, 0.3) is 0 Å². The second kappa shape index (κ2) is 6.17. The maximum atomic E-state index is 10.3. The lowest BCUT2D eigenvalue weighted by molar-refractivity contribution is -0.132. The SMILES string of the molecule is CCCC=CC=C(C#N)C(=O)O. The fourth-order valence-corrected chi connectivity index (χ4v) is 0.584. The molecule has 0 radical (unpaired) electrons. The topological polar surface area (TPSA) is 61.1 Å². The molecule has 0 fully saturated rings. The molecule has 0 rings (SSSR count). The van der Waals surface area contributed by atoms with Crippen LogP contribution in [0, 0.1) is 11.3 Å². The molecule has 0 aliphatic heterocycles. The Hall–Kier alpha value is -1.56. The van der Waals surface area contributed by atoms with E-state index in [1.165, 1.54) is 6.08 Å². The van der Waals surface area contributed by atoms with Gasteiger partial charge >= 0.3 is 5.97 Å². The molecule has 0 heterocycles. The third kappa shape index (κ3) is 4.29.